The maximum atomic E-state index is 13.3. The lowest BCUT2D eigenvalue weighted by molar-refractivity contribution is 0.250. The van der Waals surface area contributed by atoms with Crippen LogP contribution in [-0.2, 0) is 30.4 Å². The first kappa shape index (κ1) is 51.0. The Bertz CT molecular complexity index is 3420. The van der Waals surface area contributed by atoms with Crippen LogP contribution in [-0.4, -0.2) is 64.1 Å². The van der Waals surface area contributed by atoms with E-state index in [9.17, 15) is 48.5 Å². The number of hydrogen-bond acceptors (Lipinski definition) is 11. The molecule has 18 nitrogen and oxygen atoms in total. The number of nitrogens with zero attached hydrogens (tertiary/aromatic N) is 1. The van der Waals surface area contributed by atoms with Crippen molar-refractivity contribution in [2.45, 2.75) is 83.9 Å². The SMILES string of the molecule is Cc1cc(C)c(NC(=O)NCC(C)C)c(C)c1N=c1cc2oc3cc(Nc4c(C)cc(C)c(NC(=O)NCC(C)C)c4C)c(S(=O)(=O)O)cc3c(-c3ccccc3S(=O)(=O)O)c-2cc1S(=O)(=O)O. The molecule has 4 amide bonds. The highest BCUT2D eigenvalue weighted by atomic mass is 32.2. The topological polar surface area (TPSA) is 283 Å². The summed E-state index contributed by atoms with van der Waals surface area (Å²) in [6, 6.07) is 12.1. The van der Waals surface area contributed by atoms with Gasteiger partial charge in [-0.25, -0.2) is 14.6 Å². The molecule has 0 aromatic heterocycles. The first-order valence-corrected chi connectivity index (χ1v) is 25.6. The molecule has 0 unspecified atom stereocenters. The fraction of sp³-hybridized carbons (Fsp3) is 0.298. The Labute approximate surface area is 395 Å². The number of amides is 4. The van der Waals surface area contributed by atoms with Crippen LogP contribution in [0.2, 0.25) is 0 Å². The number of benzene rings is 5. The van der Waals surface area contributed by atoms with Gasteiger partial charge in [-0.3, -0.25) is 13.7 Å². The monoisotopic (exact) mass is 990 g/mol. The second-order valence-corrected chi connectivity index (χ2v) is 21.7. The van der Waals surface area contributed by atoms with Crippen molar-refractivity contribution in [1.82, 2.24) is 10.6 Å². The summed E-state index contributed by atoms with van der Waals surface area (Å²) in [5.41, 5.74) is 3.99. The lowest BCUT2D eigenvalue weighted by Crippen LogP contribution is -2.32. The van der Waals surface area contributed by atoms with Crippen molar-refractivity contribution in [3.05, 3.63) is 99.4 Å². The van der Waals surface area contributed by atoms with E-state index < -0.39 is 57.1 Å². The van der Waals surface area contributed by atoms with Crippen LogP contribution in [0.1, 0.15) is 61.1 Å². The second kappa shape index (κ2) is 19.3. The summed E-state index contributed by atoms with van der Waals surface area (Å²) in [4.78, 5) is 28.4. The normalized spacial score (nSPS) is 12.5. The summed E-state index contributed by atoms with van der Waals surface area (Å²) in [5.74, 6) is 0.195. The van der Waals surface area contributed by atoms with Gasteiger partial charge in [-0.05, 0) is 105 Å². The Morgan fingerprint density at radius 2 is 1.12 bits per heavy atom. The number of anilines is 4. The average molecular weight is 991 g/mol. The minimum absolute atomic E-state index is 0.131. The molecule has 0 saturated carbocycles. The Kier molecular flexibility index (Phi) is 14.5. The van der Waals surface area contributed by atoms with Gasteiger partial charge in [0, 0.05) is 53.0 Å². The van der Waals surface area contributed by atoms with Crippen molar-refractivity contribution in [1.29, 1.82) is 0 Å². The Morgan fingerprint density at radius 1 is 0.603 bits per heavy atom. The van der Waals surface area contributed by atoms with E-state index in [-0.39, 0.29) is 62.0 Å². The van der Waals surface area contributed by atoms with Crippen molar-refractivity contribution >= 4 is 81.8 Å². The van der Waals surface area contributed by atoms with Gasteiger partial charge in [0.2, 0.25) is 0 Å². The molecule has 0 fully saturated rings. The van der Waals surface area contributed by atoms with E-state index in [0.717, 1.165) is 18.2 Å². The highest BCUT2D eigenvalue weighted by Gasteiger charge is 2.29. The third-order valence-corrected chi connectivity index (χ3v) is 13.8. The van der Waals surface area contributed by atoms with Gasteiger partial charge in [-0.2, -0.15) is 25.3 Å². The van der Waals surface area contributed by atoms with Crippen molar-refractivity contribution in [2.24, 2.45) is 16.8 Å². The zero-order chi connectivity index (χ0) is 50.4. The van der Waals surface area contributed by atoms with Gasteiger partial charge in [0.05, 0.1) is 28.1 Å². The van der Waals surface area contributed by atoms with Crippen molar-refractivity contribution < 1.29 is 52.9 Å². The fourth-order valence-corrected chi connectivity index (χ4v) is 9.99. The van der Waals surface area contributed by atoms with Crippen LogP contribution < -0.4 is 31.9 Å². The van der Waals surface area contributed by atoms with Crippen molar-refractivity contribution in [2.75, 3.05) is 29.0 Å². The lowest BCUT2D eigenvalue weighted by Gasteiger charge is -2.22. The number of aryl methyl sites for hydroxylation is 4. The van der Waals surface area contributed by atoms with Crippen LogP contribution in [0.4, 0.5) is 38.0 Å². The summed E-state index contributed by atoms with van der Waals surface area (Å²) >= 11 is 0. The highest BCUT2D eigenvalue weighted by molar-refractivity contribution is 7.86. The van der Waals surface area contributed by atoms with Crippen LogP contribution in [0.5, 0.6) is 0 Å². The number of rotatable bonds is 13. The Morgan fingerprint density at radius 3 is 1.66 bits per heavy atom. The number of carbonyl (C=O) groups is 2. The van der Waals surface area contributed by atoms with Crippen LogP contribution >= 0.6 is 0 Å². The van der Waals surface area contributed by atoms with E-state index in [0.29, 0.717) is 63.5 Å². The third kappa shape index (κ3) is 11.0. The van der Waals surface area contributed by atoms with E-state index >= 15 is 0 Å². The summed E-state index contributed by atoms with van der Waals surface area (Å²) in [7, 11) is -15.4. The third-order valence-electron chi connectivity index (χ3n) is 11.1. The molecule has 0 bridgehead atoms. The number of nitrogens with one attached hydrogen (secondary N) is 5. The molecule has 1 aliphatic carbocycles. The van der Waals surface area contributed by atoms with Crippen LogP contribution in [0.3, 0.4) is 0 Å². The molecule has 2 aliphatic rings. The molecule has 0 atom stereocenters. The minimum atomic E-state index is -5.18. The fourth-order valence-electron chi connectivity index (χ4n) is 8.00. The summed E-state index contributed by atoms with van der Waals surface area (Å²) in [6.45, 7) is 19.0. The number of hydrogen-bond donors (Lipinski definition) is 8. The molecule has 4 aromatic rings. The molecule has 362 valence electrons. The first-order valence-electron chi connectivity index (χ1n) is 21.3. The van der Waals surface area contributed by atoms with Gasteiger partial charge in [-0.15, -0.1) is 0 Å². The van der Waals surface area contributed by atoms with Gasteiger partial charge in [0.15, 0.2) is 0 Å². The highest BCUT2D eigenvalue weighted by Crippen LogP contribution is 2.46. The Balaban J connectivity index is 1.70. The quantitative estimate of drug-likeness (QED) is 0.0396. The molecule has 0 spiro atoms. The first-order chi connectivity index (χ1) is 31.6. The molecule has 0 saturated heterocycles. The smallest absolute Gasteiger partial charge is 0.319 e. The van der Waals surface area contributed by atoms with E-state index in [1.165, 1.54) is 30.3 Å². The molecule has 0 radical (unpaired) electrons. The maximum absolute atomic E-state index is 13.3. The van der Waals surface area contributed by atoms with Gasteiger partial charge in [0.1, 0.15) is 26.0 Å². The second-order valence-electron chi connectivity index (χ2n) is 17.5. The number of fused-ring (bicyclic) bond motifs is 2. The molecule has 1 heterocycles. The van der Waals surface area contributed by atoms with Gasteiger partial charge in [0.25, 0.3) is 30.4 Å². The van der Waals surface area contributed by atoms with Crippen molar-refractivity contribution in [3.63, 3.8) is 0 Å². The molecule has 1 aliphatic heterocycles. The average Bonchev–Trinajstić information content (AvgIpc) is 3.22. The standard InChI is InChI=1S/C47H54N6O12S3/c1-23(2)21-48-46(54)52-44-27(7)15-25(5)42(29(44)9)50-34-19-36-32(17-39(34)67(59,60)61)41(31-13-11-12-14-38(31)66(56,57)58)33-18-40(68(62,63)64)35(20-37(33)65-36)51-43-26(6)16-28(8)45(30(43)10)53-47(55)49-22-24(3)4/h11-20,23-24,50H,21-22H2,1-10H3,(H2,48,52,54)(H2,49,53,55)(H,56,57,58)(H,59,60,61)(H,62,63,64). The molecule has 4 aromatic carbocycles. The van der Waals surface area contributed by atoms with E-state index in [1.54, 1.807) is 53.7 Å². The summed E-state index contributed by atoms with van der Waals surface area (Å²) in [6.07, 6.45) is 0. The molecule has 68 heavy (non-hydrogen) atoms. The number of carbonyl (C=O) groups excluding carboxylic acids is 2. The van der Waals surface area contributed by atoms with Gasteiger partial charge < -0.3 is 31.0 Å². The summed E-state index contributed by atoms with van der Waals surface area (Å²) < 4.78 is 118. The van der Waals surface area contributed by atoms with Gasteiger partial charge >= 0.3 is 12.1 Å². The maximum Gasteiger partial charge on any atom is 0.319 e. The van der Waals surface area contributed by atoms with Crippen LogP contribution in [0.15, 0.2) is 84.8 Å². The van der Waals surface area contributed by atoms with Crippen molar-refractivity contribution in [3.8, 4) is 22.5 Å². The van der Waals surface area contributed by atoms with Crippen LogP contribution in [0.25, 0.3) is 33.4 Å². The molecular weight excluding hydrogens is 937 g/mol. The zero-order valence-corrected chi connectivity index (χ0v) is 41.5. The minimum Gasteiger partial charge on any atom is -0.456 e. The zero-order valence-electron chi connectivity index (χ0n) is 39.0. The Hall–Kier alpha value is -6.36. The van der Waals surface area contributed by atoms with Gasteiger partial charge in [-0.1, -0.05) is 58.0 Å². The molecular formula is C47H54N6O12S3. The molecule has 6 rings (SSSR count). The predicted octanol–water partition coefficient (Wildman–Crippen LogP) is 9.33. The largest absolute Gasteiger partial charge is 0.456 e. The van der Waals surface area contributed by atoms with Crippen LogP contribution in [0, 0.1) is 53.4 Å². The lowest BCUT2D eigenvalue weighted by atomic mass is 9.93. The van der Waals surface area contributed by atoms with E-state index in [4.69, 9.17) is 9.41 Å². The number of urea groups is 2. The molecule has 21 heteroatoms. The summed E-state index contributed by atoms with van der Waals surface area (Å²) in [5, 5.41) is 13.9. The molecule has 8 N–H and O–H groups in total. The van der Waals surface area contributed by atoms with E-state index in [1.807, 2.05) is 27.7 Å². The predicted molar refractivity (Wildman–Crippen MR) is 261 cm³/mol. The van der Waals surface area contributed by atoms with E-state index in [2.05, 4.69) is 26.6 Å².